The Morgan fingerprint density at radius 1 is 1.31 bits per heavy atom. The van der Waals surface area contributed by atoms with Crippen LogP contribution >= 0.6 is 0 Å². The molecule has 0 saturated carbocycles. The van der Waals surface area contributed by atoms with Crippen LogP contribution in [-0.4, -0.2) is 42.6 Å². The summed E-state index contributed by atoms with van der Waals surface area (Å²) in [6.45, 7) is 11.4. The van der Waals surface area contributed by atoms with E-state index in [1.807, 2.05) is 26.0 Å². The van der Waals surface area contributed by atoms with Crippen LogP contribution in [0, 0.1) is 13.8 Å². The Kier molecular flexibility index (Phi) is 8.43. The van der Waals surface area contributed by atoms with E-state index in [9.17, 15) is 4.79 Å². The number of likely N-dealkylation sites (tertiary alicyclic amines) is 1. The summed E-state index contributed by atoms with van der Waals surface area (Å²) in [4.78, 5) is 15.1. The number of ether oxygens (including phenoxy) is 1. The molecule has 0 radical (unpaired) electrons. The van der Waals surface area contributed by atoms with E-state index in [1.54, 1.807) is 0 Å². The number of piperidine rings is 1. The topological polar surface area (TPSA) is 41.6 Å². The van der Waals surface area contributed by atoms with Gasteiger partial charge in [0, 0.05) is 19.1 Å². The van der Waals surface area contributed by atoms with Gasteiger partial charge in [0.1, 0.15) is 5.75 Å². The SMILES string of the molecule is CC[C@H]1CCCCN1CCCNC(=O)[C@@H](CC)Oc1cccc(C)c1C. The van der Waals surface area contributed by atoms with Gasteiger partial charge in [-0.1, -0.05) is 32.4 Å². The zero-order valence-electron chi connectivity index (χ0n) is 17.0. The van der Waals surface area contributed by atoms with Gasteiger partial charge >= 0.3 is 0 Å². The molecule has 0 unspecified atom stereocenters. The standard InChI is InChI=1S/C22H36N2O2/c1-5-19-12-7-8-15-24(19)16-10-14-23-22(25)20(6-2)26-21-13-9-11-17(3)18(21)4/h9,11,13,19-20H,5-8,10,12,14-16H2,1-4H3,(H,23,25)/t19-,20+/m0/s1. The fraction of sp³-hybridized carbons (Fsp3) is 0.682. The zero-order chi connectivity index (χ0) is 18.9. The lowest BCUT2D eigenvalue weighted by Crippen LogP contribution is -2.42. The Hall–Kier alpha value is -1.55. The molecule has 1 amide bonds. The maximum absolute atomic E-state index is 12.5. The van der Waals surface area contributed by atoms with Crippen LogP contribution in [0.25, 0.3) is 0 Å². The first kappa shape index (κ1) is 20.8. The average molecular weight is 361 g/mol. The van der Waals surface area contributed by atoms with Crippen LogP contribution in [0.4, 0.5) is 0 Å². The van der Waals surface area contributed by atoms with Gasteiger partial charge in [0.15, 0.2) is 6.10 Å². The van der Waals surface area contributed by atoms with E-state index in [0.717, 1.165) is 36.9 Å². The van der Waals surface area contributed by atoms with Crippen LogP contribution in [-0.2, 0) is 4.79 Å². The van der Waals surface area contributed by atoms with E-state index < -0.39 is 6.10 Å². The normalized spacial score (nSPS) is 19.2. The van der Waals surface area contributed by atoms with E-state index in [4.69, 9.17) is 4.74 Å². The van der Waals surface area contributed by atoms with Crippen LogP contribution in [0.15, 0.2) is 18.2 Å². The van der Waals surface area contributed by atoms with Crippen molar-refractivity contribution in [3.63, 3.8) is 0 Å². The number of aryl methyl sites for hydroxylation is 1. The Morgan fingerprint density at radius 2 is 2.12 bits per heavy atom. The first-order valence-electron chi connectivity index (χ1n) is 10.3. The van der Waals surface area contributed by atoms with Gasteiger partial charge in [-0.05, 0) is 69.7 Å². The molecule has 1 heterocycles. The summed E-state index contributed by atoms with van der Waals surface area (Å²) in [7, 11) is 0. The van der Waals surface area contributed by atoms with Crippen LogP contribution in [0.1, 0.15) is 63.5 Å². The highest BCUT2D eigenvalue weighted by Gasteiger charge is 2.21. The number of nitrogens with zero attached hydrogens (tertiary/aromatic N) is 1. The van der Waals surface area contributed by atoms with Crippen molar-refractivity contribution in [3.8, 4) is 5.75 Å². The van der Waals surface area contributed by atoms with Crippen molar-refractivity contribution in [3.05, 3.63) is 29.3 Å². The van der Waals surface area contributed by atoms with Crippen molar-refractivity contribution in [1.29, 1.82) is 0 Å². The summed E-state index contributed by atoms with van der Waals surface area (Å²) in [6, 6.07) is 6.72. The minimum atomic E-state index is -0.422. The number of carbonyl (C=O) groups excluding carboxylic acids is 1. The molecule has 1 N–H and O–H groups in total. The molecule has 2 atom stereocenters. The molecular formula is C22H36N2O2. The Balaban J connectivity index is 1.77. The van der Waals surface area contributed by atoms with Crippen molar-refractivity contribution in [2.45, 2.75) is 78.4 Å². The molecule has 0 aliphatic carbocycles. The first-order valence-corrected chi connectivity index (χ1v) is 10.3. The Labute approximate surface area is 159 Å². The summed E-state index contributed by atoms with van der Waals surface area (Å²) in [5.41, 5.74) is 2.29. The van der Waals surface area contributed by atoms with E-state index in [0.29, 0.717) is 6.42 Å². The maximum Gasteiger partial charge on any atom is 0.261 e. The van der Waals surface area contributed by atoms with E-state index in [1.165, 1.54) is 37.8 Å². The minimum Gasteiger partial charge on any atom is -0.480 e. The van der Waals surface area contributed by atoms with Gasteiger partial charge in [0.25, 0.3) is 5.91 Å². The lowest BCUT2D eigenvalue weighted by molar-refractivity contribution is -0.128. The van der Waals surface area contributed by atoms with E-state index >= 15 is 0 Å². The summed E-state index contributed by atoms with van der Waals surface area (Å²) >= 11 is 0. The summed E-state index contributed by atoms with van der Waals surface area (Å²) in [6.07, 6.45) is 6.47. The molecular weight excluding hydrogens is 324 g/mol. The highest BCUT2D eigenvalue weighted by Crippen LogP contribution is 2.22. The van der Waals surface area contributed by atoms with E-state index in [-0.39, 0.29) is 5.91 Å². The lowest BCUT2D eigenvalue weighted by Gasteiger charge is -2.35. The number of rotatable bonds is 9. The molecule has 146 valence electrons. The molecule has 1 aromatic rings. The monoisotopic (exact) mass is 360 g/mol. The van der Waals surface area contributed by atoms with Gasteiger partial charge in [-0.3, -0.25) is 4.79 Å². The van der Waals surface area contributed by atoms with Gasteiger partial charge in [-0.25, -0.2) is 0 Å². The molecule has 26 heavy (non-hydrogen) atoms. The number of benzene rings is 1. The van der Waals surface area contributed by atoms with Gasteiger partial charge < -0.3 is 15.0 Å². The highest BCUT2D eigenvalue weighted by atomic mass is 16.5. The molecule has 2 rings (SSSR count). The van der Waals surface area contributed by atoms with Crippen LogP contribution in [0.5, 0.6) is 5.75 Å². The smallest absolute Gasteiger partial charge is 0.261 e. The van der Waals surface area contributed by atoms with Gasteiger partial charge in [-0.2, -0.15) is 0 Å². The number of hydrogen-bond donors (Lipinski definition) is 1. The molecule has 0 aromatic heterocycles. The van der Waals surface area contributed by atoms with Crippen molar-refractivity contribution < 1.29 is 9.53 Å². The number of amides is 1. The fourth-order valence-electron chi connectivity index (χ4n) is 3.75. The highest BCUT2D eigenvalue weighted by molar-refractivity contribution is 5.81. The number of carbonyl (C=O) groups is 1. The largest absolute Gasteiger partial charge is 0.480 e. The van der Waals surface area contributed by atoms with Crippen LogP contribution in [0.3, 0.4) is 0 Å². The molecule has 1 aromatic carbocycles. The number of hydrogen-bond acceptors (Lipinski definition) is 3. The van der Waals surface area contributed by atoms with Crippen molar-refractivity contribution in [1.82, 2.24) is 10.2 Å². The summed E-state index contributed by atoms with van der Waals surface area (Å²) < 4.78 is 6.00. The Bertz CT molecular complexity index is 573. The van der Waals surface area contributed by atoms with Crippen LogP contribution in [0.2, 0.25) is 0 Å². The van der Waals surface area contributed by atoms with Crippen molar-refractivity contribution in [2.75, 3.05) is 19.6 Å². The quantitative estimate of drug-likeness (QED) is 0.670. The van der Waals surface area contributed by atoms with Crippen molar-refractivity contribution in [2.24, 2.45) is 0 Å². The Morgan fingerprint density at radius 3 is 2.85 bits per heavy atom. The predicted molar refractivity (Wildman–Crippen MR) is 108 cm³/mol. The molecule has 1 fully saturated rings. The third-order valence-corrected chi connectivity index (χ3v) is 5.63. The third kappa shape index (κ3) is 5.73. The summed E-state index contributed by atoms with van der Waals surface area (Å²) in [5, 5.41) is 3.07. The average Bonchev–Trinajstić information content (AvgIpc) is 2.66. The van der Waals surface area contributed by atoms with Gasteiger partial charge in [-0.15, -0.1) is 0 Å². The fourth-order valence-corrected chi connectivity index (χ4v) is 3.75. The molecule has 1 aliphatic rings. The van der Waals surface area contributed by atoms with Gasteiger partial charge in [0.2, 0.25) is 0 Å². The molecule has 1 aliphatic heterocycles. The second kappa shape index (κ2) is 10.6. The first-order chi connectivity index (χ1) is 12.6. The van der Waals surface area contributed by atoms with Gasteiger partial charge in [0.05, 0.1) is 0 Å². The minimum absolute atomic E-state index is 0.000841. The van der Waals surface area contributed by atoms with Crippen molar-refractivity contribution >= 4 is 5.91 Å². The second-order valence-electron chi connectivity index (χ2n) is 7.45. The third-order valence-electron chi connectivity index (χ3n) is 5.63. The molecule has 4 heteroatoms. The second-order valence-corrected chi connectivity index (χ2v) is 7.45. The summed E-state index contributed by atoms with van der Waals surface area (Å²) in [5.74, 6) is 0.810. The molecule has 1 saturated heterocycles. The molecule has 0 spiro atoms. The molecule has 0 bridgehead atoms. The zero-order valence-corrected chi connectivity index (χ0v) is 17.0. The lowest BCUT2D eigenvalue weighted by atomic mass is 10.00. The van der Waals surface area contributed by atoms with E-state index in [2.05, 4.69) is 30.1 Å². The maximum atomic E-state index is 12.5. The number of nitrogens with one attached hydrogen (secondary N) is 1. The predicted octanol–water partition coefficient (Wildman–Crippen LogP) is 4.23. The molecule has 4 nitrogen and oxygen atoms in total. The van der Waals surface area contributed by atoms with Crippen LogP contribution < -0.4 is 10.1 Å².